The molecule has 4 nitrogen and oxygen atoms in total. The summed E-state index contributed by atoms with van der Waals surface area (Å²) in [4.78, 5) is 27.8. The molecule has 0 aliphatic heterocycles. The Balaban J connectivity index is 1.93. The Labute approximate surface area is 197 Å². The van der Waals surface area contributed by atoms with Crippen molar-refractivity contribution < 1.29 is 14.0 Å². The third-order valence-corrected chi connectivity index (χ3v) is 5.86. The number of carbonyl (C=O) groups is 2. The first-order valence-electron chi connectivity index (χ1n) is 10.1. The molecule has 0 saturated heterocycles. The zero-order valence-electron chi connectivity index (χ0n) is 17.5. The number of amides is 2. The van der Waals surface area contributed by atoms with E-state index in [0.29, 0.717) is 22.0 Å². The van der Waals surface area contributed by atoms with Gasteiger partial charge in [-0.25, -0.2) is 4.39 Å². The maximum Gasteiger partial charge on any atom is 0.242 e. The van der Waals surface area contributed by atoms with Crippen LogP contribution in [-0.4, -0.2) is 29.8 Å². The first kappa shape index (κ1) is 23.8. The molecular formula is C25H23Cl2FN2O2. The zero-order valence-corrected chi connectivity index (χ0v) is 19.0. The van der Waals surface area contributed by atoms with Crippen molar-refractivity contribution in [1.82, 2.24) is 10.2 Å². The van der Waals surface area contributed by atoms with E-state index in [2.05, 4.69) is 5.32 Å². The minimum atomic E-state index is -0.747. The fraction of sp³-hybridized carbons (Fsp3) is 0.200. The largest absolute Gasteiger partial charge is 0.357 e. The van der Waals surface area contributed by atoms with Gasteiger partial charge in [0.15, 0.2) is 0 Å². The van der Waals surface area contributed by atoms with Crippen LogP contribution in [0.2, 0.25) is 10.0 Å². The van der Waals surface area contributed by atoms with E-state index in [1.807, 2.05) is 30.3 Å². The molecule has 0 aliphatic rings. The van der Waals surface area contributed by atoms with Gasteiger partial charge in [-0.2, -0.15) is 0 Å². The molecule has 0 spiro atoms. The molecule has 3 rings (SSSR count). The highest BCUT2D eigenvalue weighted by atomic mass is 35.5. The third kappa shape index (κ3) is 6.31. The number of likely N-dealkylation sites (N-methyl/N-ethyl adjacent to an activating group) is 1. The lowest BCUT2D eigenvalue weighted by Gasteiger charge is -2.31. The second kappa shape index (κ2) is 11.1. The van der Waals surface area contributed by atoms with Crippen LogP contribution < -0.4 is 5.32 Å². The summed E-state index contributed by atoms with van der Waals surface area (Å²) in [5, 5.41) is 3.42. The highest BCUT2D eigenvalue weighted by molar-refractivity contribution is 6.42. The molecule has 0 radical (unpaired) electrons. The molecule has 7 heteroatoms. The fourth-order valence-corrected chi connectivity index (χ4v) is 3.75. The minimum absolute atomic E-state index is 0.0420. The molecule has 3 aromatic carbocycles. The smallest absolute Gasteiger partial charge is 0.242 e. The Kier molecular flexibility index (Phi) is 8.26. The molecule has 3 aromatic rings. The van der Waals surface area contributed by atoms with Crippen LogP contribution in [0.1, 0.15) is 16.7 Å². The number of hydrogen-bond donors (Lipinski definition) is 1. The number of nitrogens with one attached hydrogen (secondary N) is 1. The van der Waals surface area contributed by atoms with Gasteiger partial charge in [-0.15, -0.1) is 0 Å². The van der Waals surface area contributed by atoms with E-state index in [0.717, 1.165) is 11.1 Å². The van der Waals surface area contributed by atoms with E-state index in [1.165, 1.54) is 17.0 Å². The van der Waals surface area contributed by atoms with Gasteiger partial charge in [-0.3, -0.25) is 9.59 Å². The Morgan fingerprint density at radius 1 is 0.906 bits per heavy atom. The number of halogens is 3. The summed E-state index contributed by atoms with van der Waals surface area (Å²) in [7, 11) is 1.54. The minimum Gasteiger partial charge on any atom is -0.357 e. The lowest BCUT2D eigenvalue weighted by atomic mass is 10.0. The number of hydrogen-bond acceptors (Lipinski definition) is 2. The van der Waals surface area contributed by atoms with Crippen molar-refractivity contribution in [2.24, 2.45) is 0 Å². The topological polar surface area (TPSA) is 49.4 Å². The Morgan fingerprint density at radius 2 is 1.56 bits per heavy atom. The van der Waals surface area contributed by atoms with E-state index in [9.17, 15) is 14.0 Å². The van der Waals surface area contributed by atoms with Crippen LogP contribution in [0.4, 0.5) is 4.39 Å². The van der Waals surface area contributed by atoms with Crippen molar-refractivity contribution in [1.29, 1.82) is 0 Å². The van der Waals surface area contributed by atoms with E-state index in [4.69, 9.17) is 23.2 Å². The van der Waals surface area contributed by atoms with Gasteiger partial charge in [0, 0.05) is 20.0 Å². The summed E-state index contributed by atoms with van der Waals surface area (Å²) in [6, 6.07) is 19.6. The van der Waals surface area contributed by atoms with E-state index in [-0.39, 0.29) is 30.6 Å². The molecule has 0 aliphatic carbocycles. The highest BCUT2D eigenvalue weighted by Gasteiger charge is 2.29. The highest BCUT2D eigenvalue weighted by Crippen LogP contribution is 2.24. The van der Waals surface area contributed by atoms with Crippen LogP contribution in [0.3, 0.4) is 0 Å². The predicted molar refractivity (Wildman–Crippen MR) is 125 cm³/mol. The number of benzene rings is 3. The Hall–Kier alpha value is -2.89. The van der Waals surface area contributed by atoms with Crippen molar-refractivity contribution >= 4 is 35.0 Å². The first-order valence-corrected chi connectivity index (χ1v) is 10.9. The molecule has 32 heavy (non-hydrogen) atoms. The second-order valence-corrected chi connectivity index (χ2v) is 8.21. The van der Waals surface area contributed by atoms with Crippen molar-refractivity contribution in [2.75, 3.05) is 7.05 Å². The lowest BCUT2D eigenvalue weighted by Crippen LogP contribution is -2.50. The maximum atomic E-state index is 13.4. The fourth-order valence-electron chi connectivity index (χ4n) is 3.43. The summed E-state index contributed by atoms with van der Waals surface area (Å²) >= 11 is 12.1. The van der Waals surface area contributed by atoms with Gasteiger partial charge in [-0.05, 0) is 41.0 Å². The molecule has 2 amide bonds. The number of rotatable bonds is 8. The molecule has 0 fully saturated rings. The van der Waals surface area contributed by atoms with Gasteiger partial charge in [0.1, 0.15) is 11.9 Å². The van der Waals surface area contributed by atoms with E-state index < -0.39 is 6.04 Å². The van der Waals surface area contributed by atoms with Crippen LogP contribution in [0, 0.1) is 5.82 Å². The molecule has 0 unspecified atom stereocenters. The van der Waals surface area contributed by atoms with Crippen molar-refractivity contribution in [3.05, 3.63) is 105 Å². The van der Waals surface area contributed by atoms with E-state index in [1.54, 1.807) is 37.4 Å². The van der Waals surface area contributed by atoms with Crippen LogP contribution in [0.15, 0.2) is 72.8 Å². The molecule has 0 aromatic heterocycles. The third-order valence-electron chi connectivity index (χ3n) is 5.12. The van der Waals surface area contributed by atoms with Crippen LogP contribution in [0.25, 0.3) is 0 Å². The van der Waals surface area contributed by atoms with Gasteiger partial charge in [0.25, 0.3) is 0 Å². The molecule has 1 atom stereocenters. The van der Waals surface area contributed by atoms with Crippen molar-refractivity contribution in [2.45, 2.75) is 25.4 Å². The Morgan fingerprint density at radius 3 is 2.19 bits per heavy atom. The predicted octanol–water partition coefficient (Wildman–Crippen LogP) is 5.06. The first-order chi connectivity index (χ1) is 15.4. The summed E-state index contributed by atoms with van der Waals surface area (Å²) < 4.78 is 13.4. The summed E-state index contributed by atoms with van der Waals surface area (Å²) in [6.45, 7) is 0.158. The monoisotopic (exact) mass is 472 g/mol. The van der Waals surface area contributed by atoms with Gasteiger partial charge >= 0.3 is 0 Å². The summed E-state index contributed by atoms with van der Waals surface area (Å²) in [5.41, 5.74) is 2.33. The van der Waals surface area contributed by atoms with Crippen molar-refractivity contribution in [3.63, 3.8) is 0 Å². The standard InChI is InChI=1S/C25H23Cl2FN2O2/c1-29-25(32)23(14-17-5-3-2-4-6-17)30(16-18-7-10-20(28)11-8-18)24(31)15-19-9-12-21(26)22(27)13-19/h2-13,23H,14-16H2,1H3,(H,29,32)/t23-/m0/s1. The molecule has 0 bridgehead atoms. The molecular weight excluding hydrogens is 450 g/mol. The number of carbonyl (C=O) groups excluding carboxylic acids is 2. The molecule has 0 saturated carbocycles. The van der Waals surface area contributed by atoms with Crippen LogP contribution >= 0.6 is 23.2 Å². The average molecular weight is 473 g/mol. The molecule has 1 N–H and O–H groups in total. The SMILES string of the molecule is CNC(=O)[C@H](Cc1ccccc1)N(Cc1ccc(F)cc1)C(=O)Cc1ccc(Cl)c(Cl)c1. The lowest BCUT2D eigenvalue weighted by molar-refractivity contribution is -0.140. The molecule has 166 valence electrons. The molecule has 0 heterocycles. The summed E-state index contributed by atoms with van der Waals surface area (Å²) in [5.74, 6) is -0.898. The zero-order chi connectivity index (χ0) is 23.1. The normalized spacial score (nSPS) is 11.6. The van der Waals surface area contributed by atoms with Gasteiger partial charge < -0.3 is 10.2 Å². The van der Waals surface area contributed by atoms with Crippen LogP contribution in [0.5, 0.6) is 0 Å². The van der Waals surface area contributed by atoms with Crippen molar-refractivity contribution in [3.8, 4) is 0 Å². The Bertz CT molecular complexity index is 1080. The van der Waals surface area contributed by atoms with Gasteiger partial charge in [0.05, 0.1) is 16.5 Å². The quantitative estimate of drug-likeness (QED) is 0.497. The van der Waals surface area contributed by atoms with Gasteiger partial charge in [0.2, 0.25) is 11.8 Å². The summed E-state index contributed by atoms with van der Waals surface area (Å²) in [6.07, 6.45) is 0.384. The second-order valence-electron chi connectivity index (χ2n) is 7.39. The van der Waals surface area contributed by atoms with Gasteiger partial charge in [-0.1, -0.05) is 71.7 Å². The van der Waals surface area contributed by atoms with E-state index >= 15 is 0 Å². The average Bonchev–Trinajstić information content (AvgIpc) is 2.80. The number of nitrogens with zero attached hydrogens (tertiary/aromatic N) is 1. The maximum absolute atomic E-state index is 13.4. The van der Waals surface area contributed by atoms with Crippen LogP contribution in [-0.2, 0) is 29.0 Å².